The van der Waals surface area contributed by atoms with Crippen molar-refractivity contribution in [2.24, 2.45) is 0 Å². The maximum atomic E-state index is 13.1. The number of ether oxygens (including phenoxy) is 1. The van der Waals surface area contributed by atoms with Crippen LogP contribution in [0.3, 0.4) is 0 Å². The molecule has 7 nitrogen and oxygen atoms in total. The lowest BCUT2D eigenvalue weighted by atomic mass is 10.2. The summed E-state index contributed by atoms with van der Waals surface area (Å²) in [5, 5.41) is 9.54. The summed E-state index contributed by atoms with van der Waals surface area (Å²) >= 11 is 6.00. The molecule has 8 heteroatoms. The molecule has 0 saturated carbocycles. The van der Waals surface area contributed by atoms with E-state index in [-0.39, 0.29) is 24.8 Å². The van der Waals surface area contributed by atoms with Gasteiger partial charge in [-0.05, 0) is 49.4 Å². The Kier molecular flexibility index (Phi) is 8.48. The molecule has 2 aromatic rings. The minimum absolute atomic E-state index is 0.0523. The first-order valence-corrected chi connectivity index (χ1v) is 11.1. The smallest absolute Gasteiger partial charge is 0.253 e. The molecule has 1 aliphatic rings. The summed E-state index contributed by atoms with van der Waals surface area (Å²) in [6, 6.07) is 16.4. The molecule has 3 rings (SSSR count). The Morgan fingerprint density at radius 2 is 1.84 bits per heavy atom. The number of anilines is 1. The van der Waals surface area contributed by atoms with E-state index in [0.29, 0.717) is 49.9 Å². The maximum Gasteiger partial charge on any atom is 0.253 e. The zero-order valence-electron chi connectivity index (χ0n) is 18.2. The molecule has 1 saturated heterocycles. The van der Waals surface area contributed by atoms with Crippen LogP contribution in [0.4, 0.5) is 5.69 Å². The second-order valence-corrected chi connectivity index (χ2v) is 7.90. The lowest BCUT2D eigenvalue weighted by Crippen LogP contribution is -2.51. The molecule has 32 heavy (non-hydrogen) atoms. The molecule has 0 unspecified atom stereocenters. The van der Waals surface area contributed by atoms with Crippen LogP contribution in [0.1, 0.15) is 23.7 Å². The van der Waals surface area contributed by atoms with Crippen molar-refractivity contribution in [2.75, 3.05) is 50.8 Å². The van der Waals surface area contributed by atoms with Gasteiger partial charge in [-0.3, -0.25) is 14.5 Å². The van der Waals surface area contributed by atoms with Crippen molar-refractivity contribution in [2.45, 2.75) is 13.3 Å². The summed E-state index contributed by atoms with van der Waals surface area (Å²) in [5.74, 6) is 0.618. The molecular formula is C24H27ClN4O3. The molecule has 0 radical (unpaired) electrons. The maximum absolute atomic E-state index is 13.1. The number of hydrogen-bond donors (Lipinski definition) is 0. The van der Waals surface area contributed by atoms with E-state index in [2.05, 4.69) is 6.07 Å². The summed E-state index contributed by atoms with van der Waals surface area (Å²) in [4.78, 5) is 31.2. The predicted molar refractivity (Wildman–Crippen MR) is 124 cm³/mol. The molecule has 168 valence electrons. The molecule has 1 heterocycles. The Balaban J connectivity index is 1.58. The van der Waals surface area contributed by atoms with Crippen LogP contribution in [0, 0.1) is 11.3 Å². The lowest BCUT2D eigenvalue weighted by molar-refractivity contribution is -0.120. The van der Waals surface area contributed by atoms with E-state index in [4.69, 9.17) is 21.6 Å². The van der Waals surface area contributed by atoms with Gasteiger partial charge in [0.2, 0.25) is 5.91 Å². The number of hydrogen-bond acceptors (Lipinski definition) is 5. The standard InChI is InChI=1S/C24H27ClN4O3/c1-2-32-22-9-7-21(8-10-22)29(12-4-11-26)23(30)18-27-13-15-28(16-14-27)24(31)19-5-3-6-20(25)17-19/h3,5-10,17H,2,4,12-16,18H2,1H3. The van der Waals surface area contributed by atoms with Gasteiger partial charge in [0.05, 0.1) is 25.6 Å². The molecular weight excluding hydrogens is 428 g/mol. The number of nitriles is 1. The van der Waals surface area contributed by atoms with Gasteiger partial charge in [0.15, 0.2) is 0 Å². The fourth-order valence-electron chi connectivity index (χ4n) is 3.64. The minimum atomic E-state index is -0.0703. The Labute approximate surface area is 193 Å². The zero-order chi connectivity index (χ0) is 22.9. The molecule has 0 N–H and O–H groups in total. The largest absolute Gasteiger partial charge is 0.494 e. The molecule has 0 spiro atoms. The minimum Gasteiger partial charge on any atom is -0.494 e. The third-order valence-corrected chi connectivity index (χ3v) is 5.53. The highest BCUT2D eigenvalue weighted by molar-refractivity contribution is 6.30. The first-order chi connectivity index (χ1) is 15.5. The van der Waals surface area contributed by atoms with Crippen molar-refractivity contribution in [1.29, 1.82) is 5.26 Å². The van der Waals surface area contributed by atoms with Crippen molar-refractivity contribution in [3.05, 3.63) is 59.1 Å². The van der Waals surface area contributed by atoms with Crippen LogP contribution in [0.25, 0.3) is 0 Å². The van der Waals surface area contributed by atoms with Crippen molar-refractivity contribution in [3.8, 4) is 11.8 Å². The number of halogens is 1. The average molecular weight is 455 g/mol. The Hall–Kier alpha value is -3.08. The van der Waals surface area contributed by atoms with Gasteiger partial charge < -0.3 is 14.5 Å². The molecule has 2 aromatic carbocycles. The van der Waals surface area contributed by atoms with Crippen LogP contribution in [0.2, 0.25) is 5.02 Å². The van der Waals surface area contributed by atoms with Gasteiger partial charge in [-0.15, -0.1) is 0 Å². The van der Waals surface area contributed by atoms with Crippen LogP contribution in [-0.4, -0.2) is 67.5 Å². The van der Waals surface area contributed by atoms with Crippen LogP contribution >= 0.6 is 11.6 Å². The Morgan fingerprint density at radius 3 is 2.47 bits per heavy atom. The molecule has 2 amide bonds. The van der Waals surface area contributed by atoms with E-state index in [0.717, 1.165) is 11.4 Å². The molecule has 0 aliphatic carbocycles. The number of carbonyl (C=O) groups excluding carboxylic acids is 2. The van der Waals surface area contributed by atoms with Crippen LogP contribution in [0.15, 0.2) is 48.5 Å². The van der Waals surface area contributed by atoms with Crippen molar-refractivity contribution in [1.82, 2.24) is 9.80 Å². The Morgan fingerprint density at radius 1 is 1.12 bits per heavy atom. The van der Waals surface area contributed by atoms with Crippen LogP contribution in [-0.2, 0) is 4.79 Å². The third kappa shape index (κ3) is 6.22. The van der Waals surface area contributed by atoms with Gasteiger partial charge in [-0.1, -0.05) is 17.7 Å². The van der Waals surface area contributed by atoms with E-state index in [1.807, 2.05) is 36.1 Å². The highest BCUT2D eigenvalue weighted by Crippen LogP contribution is 2.21. The quantitative estimate of drug-likeness (QED) is 0.610. The van der Waals surface area contributed by atoms with Gasteiger partial charge in [0.25, 0.3) is 5.91 Å². The molecule has 0 atom stereocenters. The Bertz CT molecular complexity index is 966. The number of piperazine rings is 1. The summed E-state index contributed by atoms with van der Waals surface area (Å²) in [6.45, 7) is 5.34. The van der Waals surface area contributed by atoms with E-state index >= 15 is 0 Å². The van der Waals surface area contributed by atoms with E-state index < -0.39 is 0 Å². The first-order valence-electron chi connectivity index (χ1n) is 10.7. The van der Waals surface area contributed by atoms with Crippen molar-refractivity contribution in [3.63, 3.8) is 0 Å². The van der Waals surface area contributed by atoms with Crippen molar-refractivity contribution >= 4 is 29.1 Å². The summed E-state index contributed by atoms with van der Waals surface area (Å²) in [6.07, 6.45) is 0.251. The van der Waals surface area contributed by atoms with Gasteiger partial charge in [-0.25, -0.2) is 0 Å². The number of amides is 2. The number of rotatable bonds is 8. The number of nitrogens with zero attached hydrogens (tertiary/aromatic N) is 4. The monoisotopic (exact) mass is 454 g/mol. The van der Waals surface area contributed by atoms with Gasteiger partial charge in [-0.2, -0.15) is 5.26 Å². The highest BCUT2D eigenvalue weighted by Gasteiger charge is 2.25. The second kappa shape index (κ2) is 11.5. The topological polar surface area (TPSA) is 76.9 Å². The second-order valence-electron chi connectivity index (χ2n) is 7.46. The van der Waals surface area contributed by atoms with Crippen LogP contribution < -0.4 is 9.64 Å². The zero-order valence-corrected chi connectivity index (χ0v) is 18.9. The lowest BCUT2D eigenvalue weighted by Gasteiger charge is -2.35. The fourth-order valence-corrected chi connectivity index (χ4v) is 3.83. The number of benzene rings is 2. The van der Waals surface area contributed by atoms with E-state index in [1.54, 1.807) is 34.1 Å². The highest BCUT2D eigenvalue weighted by atomic mass is 35.5. The normalized spacial score (nSPS) is 14.0. The molecule has 0 aromatic heterocycles. The third-order valence-electron chi connectivity index (χ3n) is 5.30. The van der Waals surface area contributed by atoms with E-state index in [1.165, 1.54) is 0 Å². The fraction of sp³-hybridized carbons (Fsp3) is 0.375. The van der Waals surface area contributed by atoms with Gasteiger partial charge in [0.1, 0.15) is 5.75 Å². The van der Waals surface area contributed by atoms with E-state index in [9.17, 15) is 9.59 Å². The molecule has 0 bridgehead atoms. The van der Waals surface area contributed by atoms with Gasteiger partial charge in [0, 0.05) is 49.0 Å². The first kappa shape index (κ1) is 23.6. The van der Waals surface area contributed by atoms with Crippen molar-refractivity contribution < 1.29 is 14.3 Å². The summed E-state index contributed by atoms with van der Waals surface area (Å²) in [5.41, 5.74) is 1.31. The number of carbonyl (C=O) groups is 2. The summed E-state index contributed by atoms with van der Waals surface area (Å²) < 4.78 is 5.47. The molecule has 1 fully saturated rings. The van der Waals surface area contributed by atoms with Crippen LogP contribution in [0.5, 0.6) is 5.75 Å². The van der Waals surface area contributed by atoms with Gasteiger partial charge >= 0.3 is 0 Å². The molecule has 1 aliphatic heterocycles. The predicted octanol–water partition coefficient (Wildman–Crippen LogP) is 3.44. The SMILES string of the molecule is CCOc1ccc(N(CCC#N)C(=O)CN2CCN(C(=O)c3cccc(Cl)c3)CC2)cc1. The average Bonchev–Trinajstić information content (AvgIpc) is 2.80. The summed E-state index contributed by atoms with van der Waals surface area (Å²) in [7, 11) is 0.